The minimum atomic E-state index is -4.21. The summed E-state index contributed by atoms with van der Waals surface area (Å²) in [4.78, 5) is 0. The van der Waals surface area contributed by atoms with E-state index < -0.39 is 27.2 Å². The van der Waals surface area contributed by atoms with E-state index in [9.17, 15) is 21.6 Å². The smallest absolute Gasteiger partial charge is 0.315 e. The largest absolute Gasteiger partial charge is 0.390 e. The number of hydrogen-bond donors (Lipinski definition) is 1. The summed E-state index contributed by atoms with van der Waals surface area (Å²) in [7, 11) is -3.26. The lowest BCUT2D eigenvalue weighted by Crippen LogP contribution is -2.42. The van der Waals surface area contributed by atoms with Crippen molar-refractivity contribution in [2.45, 2.75) is 31.2 Å². The van der Waals surface area contributed by atoms with Crippen LogP contribution in [0.3, 0.4) is 0 Å². The quantitative estimate of drug-likeness (QED) is 0.746. The molecule has 0 aromatic carbocycles. The molecule has 0 aliphatic carbocycles. The summed E-state index contributed by atoms with van der Waals surface area (Å²) in [6.07, 6.45) is -4.09. The maximum Gasteiger partial charge on any atom is 0.390 e. The maximum absolute atomic E-state index is 11.8. The zero-order valence-electron chi connectivity index (χ0n) is 8.98. The Morgan fingerprint density at radius 3 is 2.00 bits per heavy atom. The molecule has 15 heavy (non-hydrogen) atoms. The molecule has 0 aromatic heterocycles. The number of hydrogen-bond acceptors (Lipinski definition) is 3. The van der Waals surface area contributed by atoms with Crippen molar-refractivity contribution < 1.29 is 21.6 Å². The topological polar surface area (TPSA) is 46.2 Å². The first-order valence-electron chi connectivity index (χ1n) is 4.43. The molecule has 1 N–H and O–H groups in total. The van der Waals surface area contributed by atoms with Crippen molar-refractivity contribution in [2.75, 3.05) is 19.3 Å². The molecule has 0 aromatic rings. The fourth-order valence-electron chi connectivity index (χ4n) is 0.751. The van der Waals surface area contributed by atoms with E-state index in [1.807, 2.05) is 0 Å². The molecular formula is C8H16F3NO2S. The summed E-state index contributed by atoms with van der Waals surface area (Å²) in [6, 6.07) is 0. The lowest BCUT2D eigenvalue weighted by molar-refractivity contribution is -0.133. The second-order valence-corrected chi connectivity index (χ2v) is 6.72. The predicted molar refractivity (Wildman–Crippen MR) is 52.5 cm³/mol. The van der Waals surface area contributed by atoms with Gasteiger partial charge in [0.2, 0.25) is 0 Å². The number of rotatable bonds is 5. The zero-order valence-corrected chi connectivity index (χ0v) is 9.80. The average molecular weight is 247 g/mol. The van der Waals surface area contributed by atoms with Gasteiger partial charge >= 0.3 is 6.18 Å². The summed E-state index contributed by atoms with van der Waals surface area (Å²) in [6.45, 7) is 2.70. The van der Waals surface area contributed by atoms with E-state index in [-0.39, 0.29) is 13.1 Å². The molecule has 0 fully saturated rings. The van der Waals surface area contributed by atoms with Gasteiger partial charge in [-0.05, 0) is 13.8 Å². The van der Waals surface area contributed by atoms with E-state index in [1.165, 1.54) is 13.8 Å². The Labute approximate surface area is 88.0 Å². The third-order valence-electron chi connectivity index (χ3n) is 2.14. The Kier molecular flexibility index (Phi) is 4.60. The monoisotopic (exact) mass is 247 g/mol. The summed E-state index contributed by atoms with van der Waals surface area (Å²) in [5.41, 5.74) is 0. The fraction of sp³-hybridized carbons (Fsp3) is 1.00. The van der Waals surface area contributed by atoms with Crippen LogP contribution in [0.5, 0.6) is 0 Å². The molecule has 7 heteroatoms. The van der Waals surface area contributed by atoms with Crippen LogP contribution in [0.15, 0.2) is 0 Å². The molecule has 0 spiro atoms. The van der Waals surface area contributed by atoms with E-state index in [2.05, 4.69) is 5.32 Å². The van der Waals surface area contributed by atoms with Crippen molar-refractivity contribution in [1.29, 1.82) is 0 Å². The SMILES string of the molecule is CC(C)(CNCCC(F)(F)F)S(C)(=O)=O. The molecule has 0 amide bonds. The molecule has 0 aliphatic heterocycles. The van der Waals surface area contributed by atoms with Crippen LogP contribution >= 0.6 is 0 Å². The second-order valence-electron chi connectivity index (χ2n) is 4.07. The minimum absolute atomic E-state index is 0.0158. The average Bonchev–Trinajstić information content (AvgIpc) is 1.94. The van der Waals surface area contributed by atoms with Crippen molar-refractivity contribution in [2.24, 2.45) is 0 Å². The molecule has 0 aliphatic rings. The van der Waals surface area contributed by atoms with Crippen molar-refractivity contribution in [3.8, 4) is 0 Å². The van der Waals surface area contributed by atoms with Gasteiger partial charge in [-0.25, -0.2) is 8.42 Å². The first-order chi connectivity index (χ1) is 6.46. The van der Waals surface area contributed by atoms with E-state index in [1.54, 1.807) is 0 Å². The number of nitrogens with one attached hydrogen (secondary N) is 1. The lowest BCUT2D eigenvalue weighted by Gasteiger charge is -2.22. The van der Waals surface area contributed by atoms with E-state index >= 15 is 0 Å². The Morgan fingerprint density at radius 2 is 1.67 bits per heavy atom. The highest BCUT2D eigenvalue weighted by Gasteiger charge is 2.31. The van der Waals surface area contributed by atoms with Crippen LogP contribution in [0.4, 0.5) is 13.2 Å². The van der Waals surface area contributed by atoms with Gasteiger partial charge in [-0.15, -0.1) is 0 Å². The first kappa shape index (κ1) is 14.7. The molecule has 0 unspecified atom stereocenters. The first-order valence-corrected chi connectivity index (χ1v) is 6.32. The van der Waals surface area contributed by atoms with Gasteiger partial charge in [-0.1, -0.05) is 0 Å². The predicted octanol–water partition coefficient (Wildman–Crippen LogP) is 1.35. The number of sulfone groups is 1. The van der Waals surface area contributed by atoms with Crippen LogP contribution in [0, 0.1) is 0 Å². The third kappa shape index (κ3) is 5.99. The molecular weight excluding hydrogens is 231 g/mol. The molecule has 0 radical (unpaired) electrons. The molecule has 0 saturated heterocycles. The van der Waals surface area contributed by atoms with Gasteiger partial charge in [0.25, 0.3) is 0 Å². The van der Waals surface area contributed by atoms with Crippen LogP contribution in [-0.4, -0.2) is 38.7 Å². The molecule has 0 rings (SSSR count). The standard InChI is InChI=1S/C8H16F3NO2S/c1-7(2,15(3,13)14)6-12-5-4-8(9,10)11/h12H,4-6H2,1-3H3. The van der Waals surface area contributed by atoms with Gasteiger partial charge in [0.05, 0.1) is 11.2 Å². The van der Waals surface area contributed by atoms with Crippen molar-refractivity contribution >= 4 is 9.84 Å². The maximum atomic E-state index is 11.8. The van der Waals surface area contributed by atoms with Crippen LogP contribution in [0.2, 0.25) is 0 Å². The second kappa shape index (κ2) is 4.69. The van der Waals surface area contributed by atoms with Gasteiger partial charge < -0.3 is 5.32 Å². The summed E-state index contributed by atoms with van der Waals surface area (Å²) in [5.74, 6) is 0. The Balaban J connectivity index is 3.98. The lowest BCUT2D eigenvalue weighted by atomic mass is 10.2. The third-order valence-corrected chi connectivity index (χ3v) is 4.29. The Bertz CT molecular complexity index is 295. The Hall–Kier alpha value is -0.300. The normalized spacial score (nSPS) is 14.3. The molecule has 0 bridgehead atoms. The van der Waals surface area contributed by atoms with E-state index in [0.717, 1.165) is 6.26 Å². The number of halogens is 3. The highest BCUT2D eigenvalue weighted by Crippen LogP contribution is 2.18. The van der Waals surface area contributed by atoms with Crippen LogP contribution in [0.1, 0.15) is 20.3 Å². The fourth-order valence-corrected chi connectivity index (χ4v) is 1.11. The zero-order chi connectivity index (χ0) is 12.3. The molecule has 92 valence electrons. The summed E-state index contributed by atoms with van der Waals surface area (Å²) in [5, 5.41) is 2.49. The van der Waals surface area contributed by atoms with Gasteiger partial charge in [0, 0.05) is 19.3 Å². The molecule has 0 atom stereocenters. The number of alkyl halides is 3. The highest BCUT2D eigenvalue weighted by molar-refractivity contribution is 7.92. The summed E-state index contributed by atoms with van der Waals surface area (Å²) >= 11 is 0. The van der Waals surface area contributed by atoms with Crippen LogP contribution < -0.4 is 5.32 Å². The molecule has 0 saturated carbocycles. The highest BCUT2D eigenvalue weighted by atomic mass is 32.2. The molecule has 3 nitrogen and oxygen atoms in total. The van der Waals surface area contributed by atoms with Crippen molar-refractivity contribution in [3.63, 3.8) is 0 Å². The van der Waals surface area contributed by atoms with Crippen molar-refractivity contribution in [3.05, 3.63) is 0 Å². The minimum Gasteiger partial charge on any atom is -0.315 e. The summed E-state index contributed by atoms with van der Waals surface area (Å²) < 4.78 is 56.6. The van der Waals surface area contributed by atoms with E-state index in [4.69, 9.17) is 0 Å². The van der Waals surface area contributed by atoms with E-state index in [0.29, 0.717) is 0 Å². The van der Waals surface area contributed by atoms with Gasteiger partial charge in [0.1, 0.15) is 0 Å². The van der Waals surface area contributed by atoms with Gasteiger partial charge in [-0.3, -0.25) is 0 Å². The van der Waals surface area contributed by atoms with Crippen LogP contribution in [0.25, 0.3) is 0 Å². The van der Waals surface area contributed by atoms with Crippen LogP contribution in [-0.2, 0) is 9.84 Å². The molecule has 0 heterocycles. The van der Waals surface area contributed by atoms with Crippen molar-refractivity contribution in [1.82, 2.24) is 5.32 Å². The Morgan fingerprint density at radius 1 is 1.20 bits per heavy atom. The van der Waals surface area contributed by atoms with Gasteiger partial charge in [-0.2, -0.15) is 13.2 Å². The van der Waals surface area contributed by atoms with Gasteiger partial charge in [0.15, 0.2) is 9.84 Å².